The van der Waals surface area contributed by atoms with Gasteiger partial charge in [0.25, 0.3) is 0 Å². The van der Waals surface area contributed by atoms with Gasteiger partial charge < -0.3 is 14.5 Å². The van der Waals surface area contributed by atoms with E-state index in [4.69, 9.17) is 4.74 Å². The molecule has 2 aliphatic rings. The third-order valence-electron chi connectivity index (χ3n) is 4.56. The molecule has 2 aliphatic heterocycles. The van der Waals surface area contributed by atoms with Gasteiger partial charge in [-0.1, -0.05) is 11.3 Å². The van der Waals surface area contributed by atoms with E-state index in [0.29, 0.717) is 32.2 Å². The zero-order valence-corrected chi connectivity index (χ0v) is 14.0. The van der Waals surface area contributed by atoms with Crippen molar-refractivity contribution in [1.82, 2.24) is 29.6 Å². The van der Waals surface area contributed by atoms with Gasteiger partial charge in [-0.3, -0.25) is 0 Å². The summed E-state index contributed by atoms with van der Waals surface area (Å²) in [6.07, 6.45) is 1.92. The van der Waals surface area contributed by atoms with Crippen LogP contribution < -0.4 is 0 Å². The third-order valence-corrected chi connectivity index (χ3v) is 5.62. The molecule has 2 amide bonds. The van der Waals surface area contributed by atoms with Crippen LogP contribution in [0.1, 0.15) is 29.6 Å². The van der Waals surface area contributed by atoms with Crippen molar-refractivity contribution < 1.29 is 9.53 Å². The molecule has 0 atom stereocenters. The highest BCUT2D eigenvalue weighted by atomic mass is 32.1. The van der Waals surface area contributed by atoms with Crippen molar-refractivity contribution in [1.29, 1.82) is 0 Å². The lowest BCUT2D eigenvalue weighted by Gasteiger charge is -2.36. The number of morpholine rings is 1. The summed E-state index contributed by atoms with van der Waals surface area (Å²) < 4.78 is 7.12. The van der Waals surface area contributed by atoms with Crippen molar-refractivity contribution in [2.24, 2.45) is 0 Å². The SMILES string of the molecule is Cc1nnc2sc(C3CCN(C(=O)N4CCOCC4)CC3)nn12. The average molecular weight is 336 g/mol. The number of urea groups is 1. The monoisotopic (exact) mass is 336 g/mol. The molecular weight excluding hydrogens is 316 g/mol. The van der Waals surface area contributed by atoms with E-state index in [1.165, 1.54) is 0 Å². The second kappa shape index (κ2) is 6.04. The van der Waals surface area contributed by atoms with E-state index in [9.17, 15) is 4.79 Å². The van der Waals surface area contributed by atoms with Gasteiger partial charge in [-0.25, -0.2) is 4.79 Å². The minimum atomic E-state index is 0.153. The van der Waals surface area contributed by atoms with E-state index in [1.807, 2.05) is 21.2 Å². The number of rotatable bonds is 1. The van der Waals surface area contributed by atoms with Gasteiger partial charge >= 0.3 is 6.03 Å². The van der Waals surface area contributed by atoms with Gasteiger partial charge in [0, 0.05) is 32.1 Å². The normalized spacial score (nSPS) is 20.4. The van der Waals surface area contributed by atoms with Gasteiger partial charge in [-0.2, -0.15) is 9.61 Å². The molecule has 2 aromatic heterocycles. The van der Waals surface area contributed by atoms with Crippen LogP contribution in [0, 0.1) is 6.92 Å². The first kappa shape index (κ1) is 14.8. The topological polar surface area (TPSA) is 75.9 Å². The van der Waals surface area contributed by atoms with E-state index in [1.54, 1.807) is 11.3 Å². The molecule has 4 heterocycles. The molecule has 0 radical (unpaired) electrons. The van der Waals surface area contributed by atoms with Crippen LogP contribution in [-0.4, -0.2) is 75.0 Å². The first-order valence-corrected chi connectivity index (χ1v) is 8.84. The summed E-state index contributed by atoms with van der Waals surface area (Å²) in [7, 11) is 0. The molecular formula is C14H20N6O2S. The van der Waals surface area contributed by atoms with Crippen LogP contribution in [0.3, 0.4) is 0 Å². The number of nitrogens with zero attached hydrogens (tertiary/aromatic N) is 6. The first-order valence-electron chi connectivity index (χ1n) is 8.03. The summed E-state index contributed by atoms with van der Waals surface area (Å²) in [6, 6.07) is 0.153. The number of fused-ring (bicyclic) bond motifs is 1. The van der Waals surface area contributed by atoms with Crippen molar-refractivity contribution in [2.45, 2.75) is 25.7 Å². The quantitative estimate of drug-likeness (QED) is 0.780. The first-order chi connectivity index (χ1) is 11.2. The Kier molecular flexibility index (Phi) is 3.90. The largest absolute Gasteiger partial charge is 0.378 e. The summed E-state index contributed by atoms with van der Waals surface area (Å²) in [5.41, 5.74) is 0. The van der Waals surface area contributed by atoms with E-state index < -0.39 is 0 Å². The van der Waals surface area contributed by atoms with Gasteiger partial charge in [0.2, 0.25) is 4.96 Å². The molecule has 0 N–H and O–H groups in total. The van der Waals surface area contributed by atoms with Crippen molar-refractivity contribution in [3.8, 4) is 0 Å². The van der Waals surface area contributed by atoms with Crippen LogP contribution in [0.5, 0.6) is 0 Å². The summed E-state index contributed by atoms with van der Waals surface area (Å²) in [4.78, 5) is 17.2. The van der Waals surface area contributed by atoms with Crippen molar-refractivity contribution in [3.05, 3.63) is 10.8 Å². The summed E-state index contributed by atoms with van der Waals surface area (Å²) in [5.74, 6) is 1.23. The third kappa shape index (κ3) is 2.78. The summed E-state index contributed by atoms with van der Waals surface area (Å²) in [5, 5.41) is 13.9. The molecule has 4 rings (SSSR count). The Bertz CT molecular complexity index is 699. The Balaban J connectivity index is 1.39. The minimum absolute atomic E-state index is 0.153. The zero-order valence-electron chi connectivity index (χ0n) is 13.1. The van der Waals surface area contributed by atoms with Crippen LogP contribution in [-0.2, 0) is 4.74 Å². The van der Waals surface area contributed by atoms with E-state index >= 15 is 0 Å². The minimum Gasteiger partial charge on any atom is -0.378 e. The van der Waals surface area contributed by atoms with E-state index in [2.05, 4.69) is 15.3 Å². The van der Waals surface area contributed by atoms with Crippen molar-refractivity contribution in [3.63, 3.8) is 0 Å². The fourth-order valence-electron chi connectivity index (χ4n) is 3.17. The van der Waals surface area contributed by atoms with Gasteiger partial charge in [0.15, 0.2) is 5.82 Å². The lowest BCUT2D eigenvalue weighted by atomic mass is 9.98. The van der Waals surface area contributed by atoms with Gasteiger partial charge in [-0.05, 0) is 19.8 Å². The Labute approximate surface area is 138 Å². The Morgan fingerprint density at radius 2 is 1.83 bits per heavy atom. The van der Waals surface area contributed by atoms with E-state index in [0.717, 1.165) is 41.7 Å². The highest BCUT2D eigenvalue weighted by molar-refractivity contribution is 7.16. The predicted molar refractivity (Wildman–Crippen MR) is 84.7 cm³/mol. The van der Waals surface area contributed by atoms with Crippen LogP contribution in [0.2, 0.25) is 0 Å². The Morgan fingerprint density at radius 1 is 1.13 bits per heavy atom. The molecule has 0 saturated carbocycles. The van der Waals surface area contributed by atoms with Gasteiger partial charge in [0.1, 0.15) is 5.01 Å². The fraction of sp³-hybridized carbons (Fsp3) is 0.714. The molecule has 0 bridgehead atoms. The number of aromatic nitrogens is 4. The Hall–Kier alpha value is -1.74. The van der Waals surface area contributed by atoms with Crippen LogP contribution in [0.4, 0.5) is 4.79 Å². The highest BCUT2D eigenvalue weighted by Gasteiger charge is 2.29. The molecule has 23 heavy (non-hydrogen) atoms. The second-order valence-electron chi connectivity index (χ2n) is 6.03. The summed E-state index contributed by atoms with van der Waals surface area (Å²) >= 11 is 1.61. The number of carbonyl (C=O) groups excluding carboxylic acids is 1. The molecule has 8 nitrogen and oxygen atoms in total. The molecule has 9 heteroatoms. The molecule has 2 aromatic rings. The summed E-state index contributed by atoms with van der Waals surface area (Å²) in [6.45, 7) is 6.19. The van der Waals surface area contributed by atoms with Gasteiger partial charge in [0.05, 0.1) is 13.2 Å². The van der Waals surface area contributed by atoms with Crippen LogP contribution >= 0.6 is 11.3 Å². The lowest BCUT2D eigenvalue weighted by molar-refractivity contribution is 0.0411. The van der Waals surface area contributed by atoms with Crippen molar-refractivity contribution in [2.75, 3.05) is 39.4 Å². The molecule has 2 fully saturated rings. The number of aryl methyl sites for hydroxylation is 1. The number of likely N-dealkylation sites (tertiary alicyclic amines) is 1. The van der Waals surface area contributed by atoms with Crippen LogP contribution in [0.25, 0.3) is 4.96 Å². The molecule has 124 valence electrons. The number of hydrogen-bond donors (Lipinski definition) is 0. The maximum absolute atomic E-state index is 12.5. The van der Waals surface area contributed by atoms with Gasteiger partial charge in [-0.15, -0.1) is 10.2 Å². The number of carbonyl (C=O) groups is 1. The predicted octanol–water partition coefficient (Wildman–Crippen LogP) is 1.13. The average Bonchev–Trinajstić information content (AvgIpc) is 3.18. The standard InChI is InChI=1S/C14H20N6O2S/c1-10-15-16-13-20(10)17-12(23-13)11-2-4-18(5-3-11)14(21)19-6-8-22-9-7-19/h11H,2-9H2,1H3. The number of piperidine rings is 1. The maximum atomic E-state index is 12.5. The number of ether oxygens (including phenoxy) is 1. The molecule has 0 spiro atoms. The molecule has 2 saturated heterocycles. The fourth-order valence-corrected chi connectivity index (χ4v) is 4.22. The van der Waals surface area contributed by atoms with Crippen LogP contribution in [0.15, 0.2) is 0 Å². The highest BCUT2D eigenvalue weighted by Crippen LogP contribution is 2.31. The number of amides is 2. The smallest absolute Gasteiger partial charge is 0.320 e. The molecule has 0 aliphatic carbocycles. The zero-order chi connectivity index (χ0) is 15.8. The molecule has 0 aromatic carbocycles. The molecule has 0 unspecified atom stereocenters. The van der Waals surface area contributed by atoms with E-state index in [-0.39, 0.29) is 6.03 Å². The second-order valence-corrected chi connectivity index (χ2v) is 7.01. The van der Waals surface area contributed by atoms with Crippen molar-refractivity contribution >= 4 is 22.3 Å². The maximum Gasteiger partial charge on any atom is 0.320 e. The number of hydrogen-bond acceptors (Lipinski definition) is 6. The Morgan fingerprint density at radius 3 is 2.52 bits per heavy atom. The lowest BCUT2D eigenvalue weighted by Crippen LogP contribution is -2.50.